The lowest BCUT2D eigenvalue weighted by molar-refractivity contribution is -0.143. The van der Waals surface area contributed by atoms with Gasteiger partial charge in [0.15, 0.2) is 0 Å². The Hall–Kier alpha value is -3.18. The fraction of sp³-hybridized carbons (Fsp3) is 0.167. The summed E-state index contributed by atoms with van der Waals surface area (Å²) < 4.78 is 2.17. The van der Waals surface area contributed by atoms with Gasteiger partial charge in [-0.25, -0.2) is 4.79 Å². The second kappa shape index (κ2) is 8.45. The molecule has 4 aromatic rings. The van der Waals surface area contributed by atoms with E-state index in [2.05, 4.69) is 58.6 Å². The van der Waals surface area contributed by atoms with Crippen molar-refractivity contribution in [2.75, 3.05) is 0 Å². The van der Waals surface area contributed by atoms with Crippen molar-refractivity contribution in [2.24, 2.45) is 5.16 Å². The molecule has 0 aliphatic rings. The molecule has 0 atom stereocenters. The molecular weight excluding hydrogens is 380 g/mol. The number of rotatable bonds is 6. The summed E-state index contributed by atoms with van der Waals surface area (Å²) in [6.07, 6.45) is 2.97. The molecule has 2 aromatic heterocycles. The quantitative estimate of drug-likeness (QED) is 0.229. The van der Waals surface area contributed by atoms with Gasteiger partial charge in [0.2, 0.25) is 0 Å². The number of hydrogen-bond acceptors (Lipinski definition) is 4. The average molecular weight is 403 g/mol. The number of carbonyl (C=O) groups is 1. The van der Waals surface area contributed by atoms with Crippen molar-refractivity contribution in [1.29, 1.82) is 0 Å². The largest absolute Gasteiger partial charge is 0.334 e. The minimum Gasteiger partial charge on any atom is -0.318 e. The second-order valence-electron chi connectivity index (χ2n) is 6.84. The summed E-state index contributed by atoms with van der Waals surface area (Å²) in [4.78, 5) is 17.0. The Labute approximate surface area is 174 Å². The fourth-order valence-corrected chi connectivity index (χ4v) is 4.05. The van der Waals surface area contributed by atoms with Crippen LogP contribution in [0.2, 0.25) is 0 Å². The van der Waals surface area contributed by atoms with Gasteiger partial charge in [-0.15, -0.1) is 11.3 Å². The molecule has 0 aliphatic heterocycles. The minimum absolute atomic E-state index is 0.290. The molecule has 146 valence electrons. The predicted molar refractivity (Wildman–Crippen MR) is 119 cm³/mol. The summed E-state index contributed by atoms with van der Waals surface area (Å²) in [7, 11) is 0. The number of thiophene rings is 1. The molecule has 0 aliphatic carbocycles. The molecule has 2 aromatic carbocycles. The molecule has 2 heterocycles. The summed E-state index contributed by atoms with van der Waals surface area (Å²) in [5.74, 6) is -0.339. The van der Waals surface area contributed by atoms with Gasteiger partial charge < -0.3 is 9.40 Å². The number of oxime groups is 1. The van der Waals surface area contributed by atoms with E-state index in [-0.39, 0.29) is 12.4 Å². The molecule has 0 amide bonds. The Kier molecular flexibility index (Phi) is 5.58. The highest BCUT2D eigenvalue weighted by atomic mass is 32.1. The van der Waals surface area contributed by atoms with Crippen molar-refractivity contribution in [3.63, 3.8) is 0 Å². The molecule has 0 bridgehead atoms. The van der Waals surface area contributed by atoms with Crippen molar-refractivity contribution in [3.8, 4) is 5.00 Å². The topological polar surface area (TPSA) is 43.6 Å². The Balaban J connectivity index is 1.85. The third-order valence-corrected chi connectivity index (χ3v) is 5.80. The molecule has 0 N–H and O–H groups in total. The summed E-state index contributed by atoms with van der Waals surface area (Å²) >= 11 is 1.68. The lowest BCUT2D eigenvalue weighted by Crippen LogP contribution is -2.09. The van der Waals surface area contributed by atoms with Crippen molar-refractivity contribution in [2.45, 2.75) is 26.7 Å². The first-order valence-electron chi connectivity index (χ1n) is 9.63. The van der Waals surface area contributed by atoms with Gasteiger partial charge in [0.25, 0.3) is 0 Å². The first kappa shape index (κ1) is 19.2. The maximum absolute atomic E-state index is 11.8. The van der Waals surface area contributed by atoms with Crippen LogP contribution in [0.3, 0.4) is 0 Å². The summed E-state index contributed by atoms with van der Waals surface area (Å²) in [6, 6.07) is 20.6. The summed E-state index contributed by atoms with van der Waals surface area (Å²) in [6.45, 7) is 3.85. The second-order valence-corrected chi connectivity index (χ2v) is 7.77. The normalized spacial score (nSPS) is 11.7. The van der Waals surface area contributed by atoms with Crippen LogP contribution in [0, 0.1) is 6.92 Å². The van der Waals surface area contributed by atoms with E-state index >= 15 is 0 Å². The van der Waals surface area contributed by atoms with Crippen molar-refractivity contribution >= 4 is 33.9 Å². The lowest BCUT2D eigenvalue weighted by atomic mass is 9.98. The number of benzene rings is 2. The third kappa shape index (κ3) is 4.00. The van der Waals surface area contributed by atoms with Crippen LogP contribution >= 0.6 is 11.3 Å². The third-order valence-electron chi connectivity index (χ3n) is 4.93. The number of aromatic nitrogens is 1. The van der Waals surface area contributed by atoms with Crippen LogP contribution in [0.5, 0.6) is 0 Å². The first-order chi connectivity index (χ1) is 14.2. The molecule has 29 heavy (non-hydrogen) atoms. The van der Waals surface area contributed by atoms with E-state index in [0.717, 1.165) is 32.7 Å². The van der Waals surface area contributed by atoms with Crippen molar-refractivity contribution in [3.05, 3.63) is 88.9 Å². The molecule has 0 fully saturated rings. The number of hydrogen-bond donors (Lipinski definition) is 0. The zero-order valence-electron chi connectivity index (χ0n) is 16.5. The summed E-state index contributed by atoms with van der Waals surface area (Å²) in [5, 5.41) is 8.58. The van der Waals surface area contributed by atoms with Gasteiger partial charge in [-0.1, -0.05) is 54.5 Å². The van der Waals surface area contributed by atoms with E-state index < -0.39 is 0 Å². The van der Waals surface area contributed by atoms with Crippen LogP contribution in [0.4, 0.5) is 0 Å². The van der Waals surface area contributed by atoms with E-state index in [9.17, 15) is 4.79 Å². The van der Waals surface area contributed by atoms with Crippen LogP contribution in [0.1, 0.15) is 30.0 Å². The predicted octanol–water partition coefficient (Wildman–Crippen LogP) is 5.90. The van der Waals surface area contributed by atoms with Gasteiger partial charge in [0.05, 0.1) is 16.2 Å². The molecule has 0 spiro atoms. The van der Waals surface area contributed by atoms with E-state index in [1.807, 2.05) is 30.3 Å². The van der Waals surface area contributed by atoms with Crippen molar-refractivity contribution < 1.29 is 9.63 Å². The van der Waals surface area contributed by atoms with Gasteiger partial charge >= 0.3 is 5.97 Å². The monoisotopic (exact) mass is 402 g/mol. The SMILES string of the molecule is CCC(=O)O/N=C(\Cc1ccccc1C)c1cn(-c2cccs2)c2ccccc12. The minimum atomic E-state index is -0.339. The molecule has 0 radical (unpaired) electrons. The highest BCUT2D eigenvalue weighted by molar-refractivity contribution is 7.12. The number of fused-ring (bicyclic) bond motifs is 1. The maximum atomic E-state index is 11.8. The van der Waals surface area contributed by atoms with Gasteiger partial charge in [-0.3, -0.25) is 0 Å². The molecular formula is C24H22N2O2S. The van der Waals surface area contributed by atoms with Crippen LogP contribution < -0.4 is 0 Å². The Morgan fingerprint density at radius 1 is 1.07 bits per heavy atom. The summed E-state index contributed by atoms with van der Waals surface area (Å²) in [5.41, 5.74) is 5.16. The van der Waals surface area contributed by atoms with Crippen LogP contribution in [0.15, 0.2) is 77.4 Å². The molecule has 0 saturated heterocycles. The average Bonchev–Trinajstić information content (AvgIpc) is 3.40. The molecule has 4 nitrogen and oxygen atoms in total. The van der Waals surface area contributed by atoms with Gasteiger partial charge in [0.1, 0.15) is 0 Å². The van der Waals surface area contributed by atoms with Crippen molar-refractivity contribution in [1.82, 2.24) is 4.57 Å². The van der Waals surface area contributed by atoms with Crippen LogP contribution in [-0.4, -0.2) is 16.2 Å². The number of nitrogens with zero attached hydrogens (tertiary/aromatic N) is 2. The van der Waals surface area contributed by atoms with E-state index in [1.165, 1.54) is 5.56 Å². The zero-order chi connectivity index (χ0) is 20.2. The van der Waals surface area contributed by atoms with Gasteiger partial charge in [-0.05, 0) is 41.6 Å². The van der Waals surface area contributed by atoms with Crippen LogP contribution in [0.25, 0.3) is 15.9 Å². The highest BCUT2D eigenvalue weighted by Crippen LogP contribution is 2.28. The Morgan fingerprint density at radius 2 is 1.86 bits per heavy atom. The Morgan fingerprint density at radius 3 is 2.62 bits per heavy atom. The molecule has 0 saturated carbocycles. The van der Waals surface area contributed by atoms with Crippen LogP contribution in [-0.2, 0) is 16.1 Å². The fourth-order valence-electron chi connectivity index (χ4n) is 3.33. The maximum Gasteiger partial charge on any atom is 0.334 e. The molecule has 0 unspecified atom stereocenters. The lowest BCUT2D eigenvalue weighted by Gasteiger charge is -2.08. The number of aryl methyl sites for hydroxylation is 1. The smallest absolute Gasteiger partial charge is 0.318 e. The Bertz CT molecular complexity index is 1170. The molecule has 5 heteroatoms. The highest BCUT2D eigenvalue weighted by Gasteiger charge is 2.17. The van der Waals surface area contributed by atoms with Gasteiger partial charge in [0, 0.05) is 30.0 Å². The zero-order valence-corrected chi connectivity index (χ0v) is 17.3. The first-order valence-corrected chi connectivity index (χ1v) is 10.5. The molecule has 4 rings (SSSR count). The number of carbonyl (C=O) groups excluding carboxylic acids is 1. The van der Waals surface area contributed by atoms with E-state index in [0.29, 0.717) is 6.42 Å². The van der Waals surface area contributed by atoms with E-state index in [4.69, 9.17) is 4.84 Å². The van der Waals surface area contributed by atoms with Gasteiger partial charge in [-0.2, -0.15) is 0 Å². The standard InChI is InChI=1S/C24H22N2O2S/c1-3-24(27)28-25-21(15-18-10-5-4-9-17(18)2)20-16-26(23-13-8-14-29-23)22-12-7-6-11-19(20)22/h4-14,16H,3,15H2,1-2H3/b25-21+. The van der Waals surface area contributed by atoms with E-state index in [1.54, 1.807) is 18.3 Å². The number of para-hydroxylation sites is 1.